The zero-order chi connectivity index (χ0) is 8.23. The molecule has 62 valence electrons. The second-order valence-electron chi connectivity index (χ2n) is 2.73. The van der Waals surface area contributed by atoms with E-state index in [0.717, 1.165) is 0 Å². The van der Waals surface area contributed by atoms with Crippen molar-refractivity contribution < 1.29 is 40.6 Å². The number of rotatable bonds is 1. The van der Waals surface area contributed by atoms with Crippen molar-refractivity contribution in [2.75, 3.05) is 0 Å². The SMILES string of the molecule is [H-].[H-].[Li+].[Li+].c1ccc(-c2ccccc2)cc1. The third-order valence-electron chi connectivity index (χ3n) is 1.88. The third-order valence-corrected chi connectivity index (χ3v) is 1.88. The van der Waals surface area contributed by atoms with E-state index in [4.69, 9.17) is 0 Å². The van der Waals surface area contributed by atoms with Crippen molar-refractivity contribution in [3.05, 3.63) is 60.7 Å². The van der Waals surface area contributed by atoms with Crippen LogP contribution in [0.5, 0.6) is 0 Å². The maximum absolute atomic E-state index is 2.12. The van der Waals surface area contributed by atoms with E-state index in [2.05, 4.69) is 48.5 Å². The minimum Gasteiger partial charge on any atom is -1.00 e. The summed E-state index contributed by atoms with van der Waals surface area (Å²) in [6, 6.07) is 20.8. The Kier molecular flexibility index (Phi) is 6.81. The third kappa shape index (κ3) is 3.41. The maximum atomic E-state index is 2.12. The van der Waals surface area contributed by atoms with Gasteiger partial charge in [-0.2, -0.15) is 0 Å². The Morgan fingerprint density at radius 3 is 1.07 bits per heavy atom. The minimum atomic E-state index is 0. The predicted octanol–water partition coefficient (Wildman–Crippen LogP) is -2.41. The summed E-state index contributed by atoms with van der Waals surface area (Å²) >= 11 is 0. The molecule has 2 heteroatoms. The van der Waals surface area contributed by atoms with Gasteiger partial charge in [-0.05, 0) is 11.1 Å². The van der Waals surface area contributed by atoms with E-state index >= 15 is 0 Å². The molecule has 2 aromatic rings. The van der Waals surface area contributed by atoms with Gasteiger partial charge < -0.3 is 2.85 Å². The molecule has 2 aromatic carbocycles. The van der Waals surface area contributed by atoms with Gasteiger partial charge in [0.15, 0.2) is 0 Å². The molecule has 0 aromatic heterocycles. The van der Waals surface area contributed by atoms with Crippen molar-refractivity contribution >= 4 is 0 Å². The fraction of sp³-hybridized carbons (Fsp3) is 0. The molecule has 0 saturated heterocycles. The molecule has 2 rings (SSSR count). The Balaban J connectivity index is -0.000000422. The van der Waals surface area contributed by atoms with E-state index in [0.29, 0.717) is 0 Å². The second kappa shape index (κ2) is 7.00. The summed E-state index contributed by atoms with van der Waals surface area (Å²) in [4.78, 5) is 0. The Morgan fingerprint density at radius 1 is 0.500 bits per heavy atom. The van der Waals surface area contributed by atoms with Crippen LogP contribution >= 0.6 is 0 Å². The van der Waals surface area contributed by atoms with Crippen LogP contribution in [0.1, 0.15) is 2.85 Å². The largest absolute Gasteiger partial charge is 1.00 e. The zero-order valence-electron chi connectivity index (χ0n) is 10.8. The topological polar surface area (TPSA) is 0 Å². The quantitative estimate of drug-likeness (QED) is 0.418. The molecule has 14 heavy (non-hydrogen) atoms. The molecule has 0 unspecified atom stereocenters. The maximum Gasteiger partial charge on any atom is 1.00 e. The molecule has 0 atom stereocenters. The Labute approximate surface area is 112 Å². The van der Waals surface area contributed by atoms with Crippen LogP contribution in [0.3, 0.4) is 0 Å². The molecule has 0 bridgehead atoms. The molecule has 0 fully saturated rings. The zero-order valence-corrected chi connectivity index (χ0v) is 8.77. The molecular formula is C12H12Li2. The number of benzene rings is 2. The van der Waals surface area contributed by atoms with Gasteiger partial charge in [0.1, 0.15) is 0 Å². The summed E-state index contributed by atoms with van der Waals surface area (Å²) in [5.74, 6) is 0. The fourth-order valence-corrected chi connectivity index (χ4v) is 1.26. The van der Waals surface area contributed by atoms with Gasteiger partial charge in [0.05, 0.1) is 0 Å². The standard InChI is InChI=1S/C12H10.2Li.2H/c1-3-7-11(8-4-1)12-9-5-2-6-10-12;;;;/h1-10H;;;;/q;2*+1;2*-1. The van der Waals surface area contributed by atoms with Crippen LogP contribution in [-0.2, 0) is 0 Å². The van der Waals surface area contributed by atoms with E-state index in [1.807, 2.05) is 12.1 Å². The predicted molar refractivity (Wildman–Crippen MR) is 54.1 cm³/mol. The molecular weight excluding hydrogens is 158 g/mol. The summed E-state index contributed by atoms with van der Waals surface area (Å²) in [6.07, 6.45) is 0. The monoisotopic (exact) mass is 170 g/mol. The summed E-state index contributed by atoms with van der Waals surface area (Å²) in [5.41, 5.74) is 2.55. The van der Waals surface area contributed by atoms with Crippen LogP contribution < -0.4 is 37.7 Å². The second-order valence-corrected chi connectivity index (χ2v) is 2.73. The molecule has 0 aliphatic heterocycles. The van der Waals surface area contributed by atoms with Crippen LogP contribution in [0, 0.1) is 0 Å². The van der Waals surface area contributed by atoms with Gasteiger partial charge in [-0.25, -0.2) is 0 Å². The van der Waals surface area contributed by atoms with Gasteiger partial charge in [0.25, 0.3) is 0 Å². The van der Waals surface area contributed by atoms with Crippen molar-refractivity contribution in [1.29, 1.82) is 0 Å². The van der Waals surface area contributed by atoms with Gasteiger partial charge >= 0.3 is 37.7 Å². The molecule has 0 amide bonds. The average molecular weight is 170 g/mol. The van der Waals surface area contributed by atoms with Crippen LogP contribution in [0.15, 0.2) is 60.7 Å². The first-order valence-electron chi connectivity index (χ1n) is 4.07. The van der Waals surface area contributed by atoms with Crippen LogP contribution in [0.2, 0.25) is 0 Å². The van der Waals surface area contributed by atoms with E-state index in [-0.39, 0.29) is 40.6 Å². The Morgan fingerprint density at radius 2 is 0.786 bits per heavy atom. The summed E-state index contributed by atoms with van der Waals surface area (Å²) in [5, 5.41) is 0. The molecule has 0 N–H and O–H groups in total. The van der Waals surface area contributed by atoms with Gasteiger partial charge in [0, 0.05) is 0 Å². The van der Waals surface area contributed by atoms with Crippen molar-refractivity contribution in [3.63, 3.8) is 0 Å². The van der Waals surface area contributed by atoms with Gasteiger partial charge in [-0.1, -0.05) is 60.7 Å². The van der Waals surface area contributed by atoms with E-state index < -0.39 is 0 Å². The number of hydrogen-bond donors (Lipinski definition) is 0. The summed E-state index contributed by atoms with van der Waals surface area (Å²) in [6.45, 7) is 0. The van der Waals surface area contributed by atoms with Crippen LogP contribution in [0.4, 0.5) is 0 Å². The molecule has 0 nitrogen and oxygen atoms in total. The Hall–Kier alpha value is -0.365. The first-order chi connectivity index (χ1) is 5.97. The fourth-order valence-electron chi connectivity index (χ4n) is 1.26. The normalized spacial score (nSPS) is 8.29. The van der Waals surface area contributed by atoms with Crippen molar-refractivity contribution in [3.8, 4) is 11.1 Å². The number of hydrogen-bond acceptors (Lipinski definition) is 0. The smallest absolute Gasteiger partial charge is 1.00 e. The van der Waals surface area contributed by atoms with E-state index in [1.165, 1.54) is 11.1 Å². The van der Waals surface area contributed by atoms with Crippen LogP contribution in [0.25, 0.3) is 11.1 Å². The molecule has 0 heterocycles. The van der Waals surface area contributed by atoms with Crippen molar-refractivity contribution in [1.82, 2.24) is 0 Å². The van der Waals surface area contributed by atoms with Gasteiger partial charge in [-0.3, -0.25) is 0 Å². The van der Waals surface area contributed by atoms with E-state index in [9.17, 15) is 0 Å². The molecule has 0 aliphatic carbocycles. The molecule has 0 radical (unpaired) electrons. The van der Waals surface area contributed by atoms with Gasteiger partial charge in [-0.15, -0.1) is 0 Å². The van der Waals surface area contributed by atoms with Crippen LogP contribution in [-0.4, -0.2) is 0 Å². The summed E-state index contributed by atoms with van der Waals surface area (Å²) < 4.78 is 0. The first-order valence-corrected chi connectivity index (χ1v) is 4.07. The molecule has 0 saturated carbocycles. The minimum absolute atomic E-state index is 0. The molecule has 0 spiro atoms. The average Bonchev–Trinajstić information content (AvgIpc) is 2.21. The molecule has 0 aliphatic rings. The summed E-state index contributed by atoms with van der Waals surface area (Å²) in [7, 11) is 0. The Bertz CT molecular complexity index is 314. The van der Waals surface area contributed by atoms with Crippen molar-refractivity contribution in [2.45, 2.75) is 0 Å². The first kappa shape index (κ1) is 13.6. The van der Waals surface area contributed by atoms with Crippen molar-refractivity contribution in [2.24, 2.45) is 0 Å². The van der Waals surface area contributed by atoms with Gasteiger partial charge in [0.2, 0.25) is 0 Å². The van der Waals surface area contributed by atoms with E-state index in [1.54, 1.807) is 0 Å².